The highest BCUT2D eigenvalue weighted by Crippen LogP contribution is 2.25. The molecule has 1 aliphatic rings. The topological polar surface area (TPSA) is 58.6 Å². The Kier molecular flexibility index (Phi) is 4.59. The fraction of sp³-hybridized carbons (Fsp3) is 0.917. The van der Waals surface area contributed by atoms with Gasteiger partial charge in [0.15, 0.2) is 0 Å². The Morgan fingerprint density at radius 2 is 1.88 bits per heavy atom. The number of amides is 1. The van der Waals surface area contributed by atoms with Crippen LogP contribution in [0.15, 0.2) is 0 Å². The summed E-state index contributed by atoms with van der Waals surface area (Å²) in [4.78, 5) is 11.5. The molecule has 0 unspecified atom stereocenters. The molecule has 0 aliphatic heterocycles. The van der Waals surface area contributed by atoms with E-state index in [-0.39, 0.29) is 24.3 Å². The lowest BCUT2D eigenvalue weighted by Gasteiger charge is -2.28. The summed E-state index contributed by atoms with van der Waals surface area (Å²) in [5, 5.41) is 11.8. The number of nitrogens with one attached hydrogen (secondary N) is 1. The van der Waals surface area contributed by atoms with Gasteiger partial charge in [-0.15, -0.1) is 0 Å². The minimum Gasteiger partial charge on any atom is -0.446 e. The smallest absolute Gasteiger partial charge is 0.407 e. The molecule has 0 heterocycles. The van der Waals surface area contributed by atoms with Crippen molar-refractivity contribution in [1.82, 2.24) is 5.32 Å². The zero-order valence-electron chi connectivity index (χ0n) is 10.5. The molecule has 16 heavy (non-hydrogen) atoms. The van der Waals surface area contributed by atoms with E-state index in [9.17, 15) is 4.79 Å². The number of alkyl carbamates (subject to hydrolysis) is 1. The van der Waals surface area contributed by atoms with Crippen molar-refractivity contribution in [2.24, 2.45) is 5.92 Å². The molecule has 1 aliphatic carbocycles. The molecule has 4 nitrogen and oxygen atoms in total. The predicted molar refractivity (Wildman–Crippen MR) is 62.2 cm³/mol. The third-order valence-corrected chi connectivity index (χ3v) is 2.80. The first kappa shape index (κ1) is 13.3. The van der Waals surface area contributed by atoms with Gasteiger partial charge in [0.1, 0.15) is 6.10 Å². The monoisotopic (exact) mass is 229 g/mol. The average Bonchev–Trinajstić information content (AvgIpc) is 2.16. The van der Waals surface area contributed by atoms with Gasteiger partial charge in [0.2, 0.25) is 0 Å². The number of ether oxygens (including phenoxy) is 1. The Bertz CT molecular complexity index is 227. The van der Waals surface area contributed by atoms with Crippen LogP contribution < -0.4 is 5.32 Å². The number of carbonyl (C=O) groups excluding carboxylic acids is 1. The summed E-state index contributed by atoms with van der Waals surface area (Å²) in [6.45, 7) is 6.03. The highest BCUT2D eigenvalue weighted by Gasteiger charge is 2.24. The van der Waals surface area contributed by atoms with Crippen molar-refractivity contribution in [1.29, 1.82) is 0 Å². The third-order valence-electron chi connectivity index (χ3n) is 2.80. The molecule has 0 aromatic heterocycles. The lowest BCUT2D eigenvalue weighted by atomic mass is 9.88. The molecule has 1 fully saturated rings. The molecule has 1 saturated carbocycles. The van der Waals surface area contributed by atoms with Gasteiger partial charge < -0.3 is 15.2 Å². The van der Waals surface area contributed by atoms with Gasteiger partial charge in [0.05, 0.1) is 0 Å². The predicted octanol–water partition coefficient (Wildman–Crippen LogP) is 2.06. The van der Waals surface area contributed by atoms with Gasteiger partial charge in [0.25, 0.3) is 0 Å². The van der Waals surface area contributed by atoms with Crippen molar-refractivity contribution in [3.63, 3.8) is 0 Å². The van der Waals surface area contributed by atoms with Crippen LogP contribution in [0.5, 0.6) is 0 Å². The maximum absolute atomic E-state index is 11.5. The lowest BCUT2D eigenvalue weighted by molar-refractivity contribution is 0.0510. The summed E-state index contributed by atoms with van der Waals surface area (Å²) in [6.07, 6.45) is 3.31. The molecular weight excluding hydrogens is 206 g/mol. The van der Waals surface area contributed by atoms with Crippen LogP contribution in [0.3, 0.4) is 0 Å². The van der Waals surface area contributed by atoms with E-state index in [4.69, 9.17) is 9.84 Å². The second-order valence-electron chi connectivity index (χ2n) is 5.61. The number of carbonyl (C=O) groups is 1. The summed E-state index contributed by atoms with van der Waals surface area (Å²) >= 11 is 0. The molecule has 0 bridgehead atoms. The van der Waals surface area contributed by atoms with E-state index in [1.165, 1.54) is 0 Å². The van der Waals surface area contributed by atoms with Gasteiger partial charge >= 0.3 is 6.09 Å². The molecule has 0 saturated heterocycles. The van der Waals surface area contributed by atoms with Crippen molar-refractivity contribution in [2.75, 3.05) is 6.61 Å². The van der Waals surface area contributed by atoms with E-state index in [0.29, 0.717) is 5.92 Å². The first-order chi connectivity index (χ1) is 7.40. The molecule has 0 spiro atoms. The summed E-state index contributed by atoms with van der Waals surface area (Å²) in [6, 6.07) is 0. The van der Waals surface area contributed by atoms with Crippen LogP contribution in [-0.4, -0.2) is 29.4 Å². The van der Waals surface area contributed by atoms with Gasteiger partial charge in [-0.1, -0.05) is 0 Å². The lowest BCUT2D eigenvalue weighted by Crippen LogP contribution is -2.42. The van der Waals surface area contributed by atoms with E-state index < -0.39 is 0 Å². The zero-order chi connectivity index (χ0) is 12.2. The standard InChI is InChI=1S/C12H23NO3/c1-12(2,3)13-11(15)16-10-6-4-9(8-14)5-7-10/h9-10,14H,4-8H2,1-3H3,(H,13,15)/t9-,10-. The Labute approximate surface area is 97.4 Å². The molecule has 1 amide bonds. The quantitative estimate of drug-likeness (QED) is 0.762. The van der Waals surface area contributed by atoms with Crippen LogP contribution in [0.4, 0.5) is 4.79 Å². The van der Waals surface area contributed by atoms with Gasteiger partial charge in [-0.3, -0.25) is 0 Å². The first-order valence-corrected chi connectivity index (χ1v) is 6.00. The van der Waals surface area contributed by atoms with Crippen LogP contribution in [0.1, 0.15) is 46.5 Å². The summed E-state index contributed by atoms with van der Waals surface area (Å²) in [5.41, 5.74) is -0.251. The number of aliphatic hydroxyl groups excluding tert-OH is 1. The van der Waals surface area contributed by atoms with E-state index in [2.05, 4.69) is 5.32 Å². The van der Waals surface area contributed by atoms with Crippen molar-refractivity contribution in [3.05, 3.63) is 0 Å². The molecule has 0 atom stereocenters. The number of aliphatic hydroxyl groups is 1. The molecule has 0 aromatic rings. The largest absolute Gasteiger partial charge is 0.446 e. The Morgan fingerprint density at radius 1 is 1.31 bits per heavy atom. The van der Waals surface area contributed by atoms with E-state index >= 15 is 0 Å². The second-order valence-corrected chi connectivity index (χ2v) is 5.61. The minimum absolute atomic E-state index is 0.0187. The molecule has 4 heteroatoms. The van der Waals surface area contributed by atoms with Crippen LogP contribution in [0.2, 0.25) is 0 Å². The summed E-state index contributed by atoms with van der Waals surface area (Å²) in [7, 11) is 0. The number of rotatable bonds is 2. The normalized spacial score (nSPS) is 26.2. The maximum Gasteiger partial charge on any atom is 0.407 e. The molecule has 1 rings (SSSR count). The van der Waals surface area contributed by atoms with E-state index in [1.807, 2.05) is 20.8 Å². The average molecular weight is 229 g/mol. The molecule has 2 N–H and O–H groups in total. The molecule has 94 valence electrons. The van der Waals surface area contributed by atoms with Crippen LogP contribution >= 0.6 is 0 Å². The molecular formula is C12H23NO3. The Hall–Kier alpha value is -0.770. The second kappa shape index (κ2) is 5.53. The summed E-state index contributed by atoms with van der Waals surface area (Å²) in [5.74, 6) is 0.394. The maximum atomic E-state index is 11.5. The highest BCUT2D eigenvalue weighted by molar-refractivity contribution is 5.68. The number of hydrogen-bond donors (Lipinski definition) is 2. The van der Waals surface area contributed by atoms with Crippen LogP contribution in [-0.2, 0) is 4.74 Å². The van der Waals surface area contributed by atoms with Crippen molar-refractivity contribution < 1.29 is 14.6 Å². The fourth-order valence-electron chi connectivity index (χ4n) is 1.92. The SMILES string of the molecule is CC(C)(C)NC(=O)O[C@H]1CC[C@H](CO)CC1. The van der Waals surface area contributed by atoms with Gasteiger partial charge in [0, 0.05) is 12.1 Å². The van der Waals surface area contributed by atoms with E-state index in [0.717, 1.165) is 25.7 Å². The van der Waals surface area contributed by atoms with Crippen molar-refractivity contribution >= 4 is 6.09 Å². The van der Waals surface area contributed by atoms with Gasteiger partial charge in [-0.2, -0.15) is 0 Å². The minimum atomic E-state index is -0.333. The van der Waals surface area contributed by atoms with Gasteiger partial charge in [-0.25, -0.2) is 4.79 Å². The highest BCUT2D eigenvalue weighted by atomic mass is 16.6. The van der Waals surface area contributed by atoms with Crippen molar-refractivity contribution in [3.8, 4) is 0 Å². The summed E-state index contributed by atoms with van der Waals surface area (Å²) < 4.78 is 5.33. The Balaban J connectivity index is 2.26. The van der Waals surface area contributed by atoms with E-state index in [1.54, 1.807) is 0 Å². The molecule has 0 radical (unpaired) electrons. The number of hydrogen-bond acceptors (Lipinski definition) is 3. The van der Waals surface area contributed by atoms with Crippen LogP contribution in [0.25, 0.3) is 0 Å². The van der Waals surface area contributed by atoms with Gasteiger partial charge in [-0.05, 0) is 52.4 Å². The van der Waals surface area contributed by atoms with Crippen molar-refractivity contribution in [2.45, 2.75) is 58.1 Å². The van der Waals surface area contributed by atoms with Crippen LogP contribution in [0, 0.1) is 5.92 Å². The fourth-order valence-corrected chi connectivity index (χ4v) is 1.92. The Morgan fingerprint density at radius 3 is 2.31 bits per heavy atom. The molecule has 0 aromatic carbocycles. The third kappa shape index (κ3) is 4.84. The zero-order valence-corrected chi connectivity index (χ0v) is 10.5. The first-order valence-electron chi connectivity index (χ1n) is 6.00.